The van der Waals surface area contributed by atoms with Gasteiger partial charge in [0, 0.05) is 22.4 Å². The first-order chi connectivity index (χ1) is 12.8. The third-order valence-corrected chi connectivity index (χ3v) is 4.28. The van der Waals surface area contributed by atoms with E-state index in [9.17, 15) is 4.79 Å². The van der Waals surface area contributed by atoms with Gasteiger partial charge in [-0.1, -0.05) is 29.4 Å². The van der Waals surface area contributed by atoms with Gasteiger partial charge in [0.05, 0.1) is 11.2 Å². The van der Waals surface area contributed by atoms with Gasteiger partial charge in [0.1, 0.15) is 0 Å². The second kappa shape index (κ2) is 7.28. The molecule has 0 bridgehead atoms. The number of nitrogens with zero attached hydrogens (tertiary/aromatic N) is 3. The van der Waals surface area contributed by atoms with Crippen LogP contribution in [0.4, 0.5) is 0 Å². The zero-order valence-electron chi connectivity index (χ0n) is 13.5. The number of fused-ring (bicyclic) bond motifs is 1. The van der Waals surface area contributed by atoms with Crippen molar-refractivity contribution in [2.75, 3.05) is 0 Å². The van der Waals surface area contributed by atoms with Crippen molar-refractivity contribution in [1.29, 1.82) is 0 Å². The zero-order valence-corrected chi connectivity index (χ0v) is 14.3. The van der Waals surface area contributed by atoms with E-state index in [0.29, 0.717) is 11.5 Å². The van der Waals surface area contributed by atoms with Gasteiger partial charge in [-0.25, -0.2) is 9.78 Å². The highest BCUT2D eigenvalue weighted by Gasteiger charge is 2.10. The maximum Gasteiger partial charge on any atom is 0.331 e. The fraction of sp³-hybridized carbons (Fsp3) is 0.0526. The summed E-state index contributed by atoms with van der Waals surface area (Å²) in [5.74, 6) is 0.222. The second-order valence-electron chi connectivity index (χ2n) is 5.39. The Labute approximate surface area is 152 Å². The van der Waals surface area contributed by atoms with Crippen LogP contribution in [-0.4, -0.2) is 21.1 Å². The maximum atomic E-state index is 11.9. The Balaban J connectivity index is 1.36. The van der Waals surface area contributed by atoms with E-state index in [1.165, 1.54) is 6.08 Å². The smallest absolute Gasteiger partial charge is 0.331 e. The van der Waals surface area contributed by atoms with Crippen LogP contribution in [0.3, 0.4) is 0 Å². The zero-order chi connectivity index (χ0) is 17.8. The first-order valence-corrected chi connectivity index (χ1v) is 8.78. The highest BCUT2D eigenvalue weighted by molar-refractivity contribution is 7.08. The molecule has 0 N–H and O–H groups in total. The van der Waals surface area contributed by atoms with Gasteiger partial charge in [-0.05, 0) is 29.7 Å². The average Bonchev–Trinajstić information content (AvgIpc) is 3.36. The lowest BCUT2D eigenvalue weighted by Crippen LogP contribution is -2.01. The highest BCUT2D eigenvalue weighted by atomic mass is 32.1. The van der Waals surface area contributed by atoms with Crippen molar-refractivity contribution in [3.63, 3.8) is 0 Å². The summed E-state index contributed by atoms with van der Waals surface area (Å²) < 4.78 is 10.2. The van der Waals surface area contributed by atoms with Crippen LogP contribution in [0, 0.1) is 0 Å². The van der Waals surface area contributed by atoms with Crippen molar-refractivity contribution in [2.24, 2.45) is 0 Å². The number of hydrogen-bond donors (Lipinski definition) is 0. The molecule has 0 unspecified atom stereocenters. The van der Waals surface area contributed by atoms with Gasteiger partial charge in [-0.3, -0.25) is 0 Å². The van der Waals surface area contributed by atoms with Crippen LogP contribution in [0.5, 0.6) is 0 Å². The lowest BCUT2D eigenvalue weighted by Gasteiger charge is -1.99. The molecule has 0 saturated carbocycles. The molecule has 6 nitrogen and oxygen atoms in total. The Hall–Kier alpha value is -3.32. The van der Waals surface area contributed by atoms with Gasteiger partial charge in [0.2, 0.25) is 5.82 Å². The molecule has 0 atom stereocenters. The number of pyridine rings is 1. The van der Waals surface area contributed by atoms with E-state index in [4.69, 9.17) is 9.26 Å². The second-order valence-corrected chi connectivity index (χ2v) is 6.17. The van der Waals surface area contributed by atoms with Crippen LogP contribution in [0.15, 0.2) is 63.8 Å². The lowest BCUT2D eigenvalue weighted by molar-refractivity contribution is -0.139. The molecule has 7 heteroatoms. The Kier molecular flexibility index (Phi) is 4.53. The molecular weight excluding hydrogens is 350 g/mol. The van der Waals surface area contributed by atoms with Gasteiger partial charge < -0.3 is 9.26 Å². The molecule has 26 heavy (non-hydrogen) atoms. The number of carbonyl (C=O) groups excluding carboxylic acids is 1. The Morgan fingerprint density at radius 2 is 2.08 bits per heavy atom. The summed E-state index contributed by atoms with van der Waals surface area (Å²) in [6.07, 6.45) is 2.94. The van der Waals surface area contributed by atoms with Crippen LogP contribution in [0.2, 0.25) is 0 Å². The summed E-state index contributed by atoms with van der Waals surface area (Å²) in [5, 5.41) is 8.75. The molecule has 0 radical (unpaired) electrons. The van der Waals surface area contributed by atoms with Crippen molar-refractivity contribution in [1.82, 2.24) is 15.1 Å². The van der Waals surface area contributed by atoms with Crippen molar-refractivity contribution in [2.45, 2.75) is 6.61 Å². The SMILES string of the molecule is O=C(/C=C/c1ccc2ccccc2n1)OCc1nc(-c2ccsc2)no1. The molecule has 0 saturated heterocycles. The van der Waals surface area contributed by atoms with E-state index in [-0.39, 0.29) is 12.5 Å². The number of hydrogen-bond acceptors (Lipinski definition) is 7. The minimum absolute atomic E-state index is 0.0779. The summed E-state index contributed by atoms with van der Waals surface area (Å²) in [4.78, 5) is 20.5. The number of carbonyl (C=O) groups is 1. The quantitative estimate of drug-likeness (QED) is 0.392. The summed E-state index contributed by atoms with van der Waals surface area (Å²) in [5.41, 5.74) is 2.42. The van der Waals surface area contributed by atoms with Gasteiger partial charge in [0.15, 0.2) is 6.61 Å². The van der Waals surface area contributed by atoms with Gasteiger partial charge in [0.25, 0.3) is 5.89 Å². The number of thiophene rings is 1. The molecule has 0 spiro atoms. The molecule has 0 aliphatic heterocycles. The number of aromatic nitrogens is 3. The molecule has 1 aromatic carbocycles. The fourth-order valence-corrected chi connectivity index (χ4v) is 2.97. The van der Waals surface area contributed by atoms with E-state index in [1.54, 1.807) is 17.4 Å². The number of para-hydroxylation sites is 1. The Bertz CT molecular complexity index is 1070. The number of rotatable bonds is 5. The van der Waals surface area contributed by atoms with Crippen molar-refractivity contribution in [3.8, 4) is 11.4 Å². The van der Waals surface area contributed by atoms with E-state index in [2.05, 4.69) is 15.1 Å². The molecule has 0 amide bonds. The number of esters is 1. The summed E-state index contributed by atoms with van der Waals surface area (Å²) in [6.45, 7) is -0.0779. The van der Waals surface area contributed by atoms with Crippen molar-refractivity contribution < 1.29 is 14.1 Å². The molecule has 0 fully saturated rings. The van der Waals surface area contributed by atoms with E-state index < -0.39 is 5.97 Å². The lowest BCUT2D eigenvalue weighted by atomic mass is 10.2. The number of benzene rings is 1. The normalized spacial score (nSPS) is 11.2. The molecule has 3 aromatic heterocycles. The molecule has 0 aliphatic rings. The van der Waals surface area contributed by atoms with Crippen LogP contribution in [0.1, 0.15) is 11.6 Å². The summed E-state index contributed by atoms with van der Waals surface area (Å²) in [7, 11) is 0. The standard InChI is InChI=1S/C19H13N3O3S/c23-18(8-7-15-6-5-13-3-1-2-4-16(13)20-15)24-11-17-21-19(22-25-17)14-9-10-26-12-14/h1-10,12H,11H2/b8-7+. The Morgan fingerprint density at radius 3 is 2.96 bits per heavy atom. The van der Waals surface area contributed by atoms with Crippen LogP contribution < -0.4 is 0 Å². The fourth-order valence-electron chi connectivity index (χ4n) is 2.33. The molecule has 128 valence electrons. The molecule has 4 rings (SSSR count). The summed E-state index contributed by atoms with van der Waals surface area (Å²) in [6, 6.07) is 13.5. The van der Waals surface area contributed by atoms with E-state index >= 15 is 0 Å². The van der Waals surface area contributed by atoms with Crippen LogP contribution >= 0.6 is 11.3 Å². The molecule has 0 aliphatic carbocycles. The van der Waals surface area contributed by atoms with Crippen molar-refractivity contribution >= 4 is 34.3 Å². The Morgan fingerprint density at radius 1 is 1.15 bits per heavy atom. The maximum absolute atomic E-state index is 11.9. The predicted molar refractivity (Wildman–Crippen MR) is 98.2 cm³/mol. The number of ether oxygens (including phenoxy) is 1. The molecule has 4 aromatic rings. The monoisotopic (exact) mass is 363 g/mol. The van der Waals surface area contributed by atoms with Gasteiger partial charge in [-0.2, -0.15) is 16.3 Å². The largest absolute Gasteiger partial charge is 0.452 e. The van der Waals surface area contributed by atoms with E-state index in [1.807, 2.05) is 53.2 Å². The van der Waals surface area contributed by atoms with Crippen LogP contribution in [-0.2, 0) is 16.1 Å². The van der Waals surface area contributed by atoms with E-state index in [0.717, 1.165) is 16.5 Å². The first kappa shape index (κ1) is 16.2. The first-order valence-electron chi connectivity index (χ1n) is 7.84. The predicted octanol–water partition coefficient (Wildman–Crippen LogP) is 4.10. The molecular formula is C19H13N3O3S. The third kappa shape index (κ3) is 3.68. The third-order valence-electron chi connectivity index (χ3n) is 3.60. The molecule has 3 heterocycles. The van der Waals surface area contributed by atoms with Gasteiger partial charge >= 0.3 is 5.97 Å². The average molecular weight is 363 g/mol. The van der Waals surface area contributed by atoms with Crippen molar-refractivity contribution in [3.05, 3.63) is 70.9 Å². The minimum atomic E-state index is -0.504. The summed E-state index contributed by atoms with van der Waals surface area (Å²) >= 11 is 1.54. The minimum Gasteiger partial charge on any atom is -0.452 e. The van der Waals surface area contributed by atoms with Gasteiger partial charge in [-0.15, -0.1) is 0 Å². The van der Waals surface area contributed by atoms with Crippen LogP contribution in [0.25, 0.3) is 28.4 Å². The topological polar surface area (TPSA) is 78.1 Å². The highest BCUT2D eigenvalue weighted by Crippen LogP contribution is 2.19.